The van der Waals surface area contributed by atoms with Crippen molar-refractivity contribution in [3.8, 4) is 11.6 Å². The highest BCUT2D eigenvalue weighted by atomic mass is 16.5. The Morgan fingerprint density at radius 2 is 1.86 bits per heavy atom. The highest BCUT2D eigenvalue weighted by Gasteiger charge is 2.31. The molecule has 37 heavy (non-hydrogen) atoms. The first-order chi connectivity index (χ1) is 18.0. The first-order valence-electron chi connectivity index (χ1n) is 11.8. The molecule has 0 atom stereocenters. The molecule has 0 unspecified atom stereocenters. The standard InChI is InChI=1S/C25H23N9O3/c1-15-29-18-6-4-3-5-16(18)23(30-15)32-9-11-33(12-10-32)25(36)22(35)17-13-26-21-20(17)19(37-2)14-27-24(21)34-8-7-28-31-34/h3-8,13-14,26H,9-12H2,1-2H3. The number of H-pyrrole nitrogens is 1. The Balaban J connectivity index is 1.25. The van der Waals surface area contributed by atoms with Gasteiger partial charge in [0.2, 0.25) is 0 Å². The van der Waals surface area contributed by atoms with Gasteiger partial charge in [-0.15, -0.1) is 5.10 Å². The summed E-state index contributed by atoms with van der Waals surface area (Å²) in [5, 5.41) is 9.24. The fraction of sp³-hybridized carbons (Fsp3) is 0.240. The Hall–Kier alpha value is -4.87. The normalized spacial score (nSPS) is 13.9. The van der Waals surface area contributed by atoms with Crippen molar-refractivity contribution in [3.05, 3.63) is 60.4 Å². The number of anilines is 1. The van der Waals surface area contributed by atoms with Crippen LogP contribution >= 0.6 is 0 Å². The highest BCUT2D eigenvalue weighted by Crippen LogP contribution is 2.32. The number of hydrogen-bond donors (Lipinski definition) is 1. The summed E-state index contributed by atoms with van der Waals surface area (Å²) in [4.78, 5) is 47.0. The quantitative estimate of drug-likeness (QED) is 0.285. The average Bonchev–Trinajstić information content (AvgIpc) is 3.62. The summed E-state index contributed by atoms with van der Waals surface area (Å²) >= 11 is 0. The van der Waals surface area contributed by atoms with Crippen molar-refractivity contribution >= 4 is 39.3 Å². The topological polar surface area (TPSA) is 135 Å². The number of ether oxygens (including phenoxy) is 1. The molecule has 5 aromatic rings. The van der Waals surface area contributed by atoms with Gasteiger partial charge < -0.3 is 19.5 Å². The number of piperazine rings is 1. The Morgan fingerprint density at radius 1 is 1.05 bits per heavy atom. The second-order valence-electron chi connectivity index (χ2n) is 8.67. The number of Topliss-reactive ketones (excluding diaryl/α,β-unsaturated/α-hetero) is 1. The molecule has 1 saturated heterocycles. The number of nitrogens with one attached hydrogen (secondary N) is 1. The predicted molar refractivity (Wildman–Crippen MR) is 135 cm³/mol. The molecule has 0 spiro atoms. The third-order valence-electron chi connectivity index (χ3n) is 6.51. The van der Waals surface area contributed by atoms with E-state index in [1.54, 1.807) is 11.1 Å². The predicted octanol–water partition coefficient (Wildman–Crippen LogP) is 1.94. The number of rotatable bonds is 5. The smallest absolute Gasteiger partial charge is 0.295 e. The number of para-hydroxylation sites is 1. The maximum Gasteiger partial charge on any atom is 0.295 e. The minimum Gasteiger partial charge on any atom is -0.494 e. The molecule has 1 aromatic carbocycles. The molecule has 4 aromatic heterocycles. The fourth-order valence-corrected chi connectivity index (χ4v) is 4.73. The molecule has 0 radical (unpaired) electrons. The van der Waals surface area contributed by atoms with Crippen LogP contribution in [0.2, 0.25) is 0 Å². The number of carbonyl (C=O) groups excluding carboxylic acids is 2. The fourth-order valence-electron chi connectivity index (χ4n) is 4.73. The van der Waals surface area contributed by atoms with Gasteiger partial charge >= 0.3 is 0 Å². The molecule has 1 fully saturated rings. The summed E-state index contributed by atoms with van der Waals surface area (Å²) in [5.41, 5.74) is 1.63. The number of pyridine rings is 1. The van der Waals surface area contributed by atoms with Gasteiger partial charge in [-0.2, -0.15) is 0 Å². The lowest BCUT2D eigenvalue weighted by Gasteiger charge is -2.35. The number of amides is 1. The SMILES string of the molecule is COc1cnc(-n2ccnn2)c2[nH]cc(C(=O)C(=O)N3CCN(c4nc(C)nc5ccccc45)CC3)c12. The van der Waals surface area contributed by atoms with E-state index in [1.165, 1.54) is 30.4 Å². The summed E-state index contributed by atoms with van der Waals surface area (Å²) in [6, 6.07) is 7.87. The van der Waals surface area contributed by atoms with Gasteiger partial charge in [-0.1, -0.05) is 17.3 Å². The van der Waals surface area contributed by atoms with Crippen LogP contribution in [-0.2, 0) is 4.79 Å². The Bertz CT molecular complexity index is 1640. The van der Waals surface area contributed by atoms with Crippen LogP contribution in [0.3, 0.4) is 0 Å². The van der Waals surface area contributed by atoms with E-state index < -0.39 is 11.7 Å². The number of aromatic amines is 1. The van der Waals surface area contributed by atoms with Crippen LogP contribution in [0.15, 0.2) is 49.1 Å². The lowest BCUT2D eigenvalue weighted by atomic mass is 10.1. The molecule has 186 valence electrons. The van der Waals surface area contributed by atoms with Crippen molar-refractivity contribution in [2.24, 2.45) is 0 Å². The van der Waals surface area contributed by atoms with Crippen molar-refractivity contribution in [1.82, 2.24) is 39.8 Å². The first-order valence-corrected chi connectivity index (χ1v) is 11.8. The zero-order valence-corrected chi connectivity index (χ0v) is 20.2. The molecule has 0 aliphatic carbocycles. The van der Waals surface area contributed by atoms with Gasteiger partial charge in [0.25, 0.3) is 11.7 Å². The number of ketones is 1. The second kappa shape index (κ2) is 8.97. The van der Waals surface area contributed by atoms with Crippen molar-refractivity contribution < 1.29 is 14.3 Å². The minimum atomic E-state index is -0.614. The number of hydrogen-bond acceptors (Lipinski definition) is 9. The molecule has 1 amide bonds. The van der Waals surface area contributed by atoms with E-state index in [9.17, 15) is 9.59 Å². The molecule has 12 heteroatoms. The van der Waals surface area contributed by atoms with Gasteiger partial charge in [0.05, 0.1) is 47.7 Å². The molecule has 0 bridgehead atoms. The van der Waals surface area contributed by atoms with Crippen molar-refractivity contribution in [3.63, 3.8) is 0 Å². The van der Waals surface area contributed by atoms with Gasteiger partial charge in [-0.3, -0.25) is 9.59 Å². The number of nitrogens with zero attached hydrogens (tertiary/aromatic N) is 8. The van der Waals surface area contributed by atoms with Gasteiger partial charge in [0.1, 0.15) is 17.4 Å². The largest absolute Gasteiger partial charge is 0.494 e. The first kappa shape index (κ1) is 22.6. The van der Waals surface area contributed by atoms with Gasteiger partial charge in [0.15, 0.2) is 5.82 Å². The van der Waals surface area contributed by atoms with Crippen molar-refractivity contribution in [2.45, 2.75) is 6.92 Å². The lowest BCUT2D eigenvalue weighted by Crippen LogP contribution is -2.51. The molecule has 12 nitrogen and oxygen atoms in total. The summed E-state index contributed by atoms with van der Waals surface area (Å²) in [7, 11) is 1.49. The van der Waals surface area contributed by atoms with Crippen LogP contribution < -0.4 is 9.64 Å². The molecule has 1 aliphatic heterocycles. The monoisotopic (exact) mass is 497 g/mol. The van der Waals surface area contributed by atoms with Crippen LogP contribution in [0.4, 0.5) is 5.82 Å². The van der Waals surface area contributed by atoms with Gasteiger partial charge in [-0.05, 0) is 19.1 Å². The molecule has 6 rings (SSSR count). The van der Waals surface area contributed by atoms with Crippen LogP contribution in [0, 0.1) is 6.92 Å². The lowest BCUT2D eigenvalue weighted by molar-refractivity contribution is -0.126. The van der Waals surface area contributed by atoms with Crippen LogP contribution in [-0.4, -0.2) is 84.8 Å². The van der Waals surface area contributed by atoms with E-state index in [4.69, 9.17) is 4.74 Å². The average molecular weight is 498 g/mol. The number of aromatic nitrogens is 7. The molecular weight excluding hydrogens is 474 g/mol. The Morgan fingerprint density at radius 3 is 2.62 bits per heavy atom. The third-order valence-corrected chi connectivity index (χ3v) is 6.51. The van der Waals surface area contributed by atoms with E-state index in [1.807, 2.05) is 31.2 Å². The zero-order valence-electron chi connectivity index (χ0n) is 20.2. The molecule has 1 aliphatic rings. The number of benzene rings is 1. The molecule has 5 heterocycles. The van der Waals surface area contributed by atoms with Gasteiger partial charge in [-0.25, -0.2) is 19.6 Å². The summed E-state index contributed by atoms with van der Waals surface area (Å²) in [5.74, 6) is 1.18. The summed E-state index contributed by atoms with van der Waals surface area (Å²) in [6.45, 7) is 3.77. The second-order valence-corrected chi connectivity index (χ2v) is 8.67. The van der Waals surface area contributed by atoms with E-state index in [0.717, 1.165) is 16.7 Å². The maximum atomic E-state index is 13.4. The third kappa shape index (κ3) is 3.82. The summed E-state index contributed by atoms with van der Waals surface area (Å²) in [6.07, 6.45) is 6.19. The van der Waals surface area contributed by atoms with E-state index in [2.05, 4.69) is 35.1 Å². The Labute approximate surface area is 210 Å². The highest BCUT2D eigenvalue weighted by molar-refractivity contribution is 6.45. The molecule has 0 saturated carbocycles. The minimum absolute atomic E-state index is 0.223. The van der Waals surface area contributed by atoms with Crippen LogP contribution in [0.5, 0.6) is 5.75 Å². The van der Waals surface area contributed by atoms with E-state index in [-0.39, 0.29) is 5.56 Å². The van der Waals surface area contributed by atoms with Crippen LogP contribution in [0.25, 0.3) is 27.6 Å². The Kier molecular flexibility index (Phi) is 5.48. The van der Waals surface area contributed by atoms with Crippen molar-refractivity contribution in [2.75, 3.05) is 38.2 Å². The maximum absolute atomic E-state index is 13.4. The number of aryl methyl sites for hydroxylation is 1. The molecule has 1 N–H and O–H groups in total. The molecular formula is C25H23N9O3. The number of methoxy groups -OCH3 is 1. The van der Waals surface area contributed by atoms with Crippen LogP contribution in [0.1, 0.15) is 16.2 Å². The van der Waals surface area contributed by atoms with Gasteiger partial charge in [0, 0.05) is 37.8 Å². The summed E-state index contributed by atoms with van der Waals surface area (Å²) < 4.78 is 6.94. The van der Waals surface area contributed by atoms with E-state index in [0.29, 0.717) is 54.5 Å². The number of fused-ring (bicyclic) bond motifs is 2. The van der Waals surface area contributed by atoms with Crippen molar-refractivity contribution in [1.29, 1.82) is 0 Å². The zero-order chi connectivity index (χ0) is 25.5. The van der Waals surface area contributed by atoms with E-state index >= 15 is 0 Å². The number of carbonyl (C=O) groups is 2.